The van der Waals surface area contributed by atoms with E-state index >= 15 is 0 Å². The van der Waals surface area contributed by atoms with Crippen molar-refractivity contribution in [1.82, 2.24) is 15.3 Å². The van der Waals surface area contributed by atoms with Crippen LogP contribution in [0.4, 0.5) is 0 Å². The van der Waals surface area contributed by atoms with Crippen molar-refractivity contribution in [3.8, 4) is 10.6 Å². The summed E-state index contributed by atoms with van der Waals surface area (Å²) >= 11 is 1.77. The molecule has 114 valence electrons. The molecule has 22 heavy (non-hydrogen) atoms. The topological polar surface area (TPSA) is 40.7 Å². The molecule has 5 aliphatic rings. The van der Waals surface area contributed by atoms with Crippen LogP contribution in [0, 0.1) is 29.6 Å². The molecule has 0 saturated heterocycles. The summed E-state index contributed by atoms with van der Waals surface area (Å²) in [7, 11) is 0. The molecule has 2 aromatic heterocycles. The Balaban J connectivity index is 1.19. The van der Waals surface area contributed by atoms with Crippen LogP contribution in [-0.2, 0) is 6.54 Å². The fourth-order valence-electron chi connectivity index (χ4n) is 6.37. The van der Waals surface area contributed by atoms with Crippen LogP contribution >= 0.6 is 11.3 Å². The molecule has 4 atom stereocenters. The lowest BCUT2D eigenvalue weighted by molar-refractivity contribution is 0.0654. The third-order valence-electron chi connectivity index (χ3n) is 6.96. The lowest BCUT2D eigenvalue weighted by Gasteiger charge is -2.49. The number of H-pyrrole nitrogens is 1. The van der Waals surface area contributed by atoms with E-state index in [0.29, 0.717) is 5.54 Å². The number of thiophene rings is 1. The summed E-state index contributed by atoms with van der Waals surface area (Å²) in [5.74, 6) is 6.54. The van der Waals surface area contributed by atoms with E-state index in [9.17, 15) is 0 Å². The standard InChI is InChI=1S/C18H21N3S/c1-2-14(22-3-1)13-8-19-15(21-13)9-20-18-5-10-4-11(6-18)17-12(7-18)16(10)17/h1-3,8,10-12,16-17,20H,4-7,9H2,(H,19,21). The number of nitrogens with zero attached hydrogens (tertiary/aromatic N) is 1. The zero-order valence-corrected chi connectivity index (χ0v) is 13.4. The van der Waals surface area contributed by atoms with Crippen LogP contribution in [0.5, 0.6) is 0 Å². The molecular formula is C18H21N3S. The lowest BCUT2D eigenvalue weighted by Crippen LogP contribution is -2.54. The normalized spacial score (nSPS) is 43.7. The van der Waals surface area contributed by atoms with E-state index in [1.165, 1.54) is 24.1 Å². The second-order valence-corrected chi connectivity index (χ2v) is 8.99. The minimum absolute atomic E-state index is 0.442. The van der Waals surface area contributed by atoms with Gasteiger partial charge in [-0.1, -0.05) is 6.07 Å². The van der Waals surface area contributed by atoms with E-state index in [1.54, 1.807) is 17.8 Å². The van der Waals surface area contributed by atoms with Crippen LogP contribution in [0.25, 0.3) is 10.6 Å². The molecule has 3 nitrogen and oxygen atoms in total. The number of aromatic nitrogens is 2. The SMILES string of the molecule is c1csc(-c2cnc(CNC34CC5CC(C3)C3C(C4)C53)[nH]2)c1. The van der Waals surface area contributed by atoms with E-state index < -0.39 is 0 Å². The summed E-state index contributed by atoms with van der Waals surface area (Å²) < 4.78 is 0. The zero-order chi connectivity index (χ0) is 14.3. The van der Waals surface area contributed by atoms with Gasteiger partial charge in [-0.05, 0) is 66.7 Å². The molecular weight excluding hydrogens is 290 g/mol. The average molecular weight is 311 g/mol. The van der Waals surface area contributed by atoms with Gasteiger partial charge in [-0.2, -0.15) is 0 Å². The van der Waals surface area contributed by atoms with Crippen LogP contribution in [0.15, 0.2) is 23.7 Å². The van der Waals surface area contributed by atoms with Crippen LogP contribution < -0.4 is 5.32 Å². The van der Waals surface area contributed by atoms with Crippen LogP contribution in [-0.4, -0.2) is 15.5 Å². The molecule has 0 amide bonds. The summed E-state index contributed by atoms with van der Waals surface area (Å²) in [5, 5.41) is 6.04. The summed E-state index contributed by atoms with van der Waals surface area (Å²) in [6.45, 7) is 0.896. The first-order valence-corrected chi connectivity index (χ1v) is 9.52. The summed E-state index contributed by atoms with van der Waals surface area (Å²) in [5.41, 5.74) is 1.60. The maximum atomic E-state index is 4.58. The van der Waals surface area contributed by atoms with Gasteiger partial charge in [0.15, 0.2) is 0 Å². The van der Waals surface area contributed by atoms with Crippen LogP contribution in [0.3, 0.4) is 0 Å². The van der Waals surface area contributed by atoms with Crippen molar-refractivity contribution in [2.45, 2.75) is 37.8 Å². The first kappa shape index (κ1) is 12.3. The van der Waals surface area contributed by atoms with E-state index in [0.717, 1.165) is 47.7 Å². The van der Waals surface area contributed by atoms with Crippen molar-refractivity contribution in [2.24, 2.45) is 29.6 Å². The quantitative estimate of drug-likeness (QED) is 0.904. The predicted octanol–water partition coefficient (Wildman–Crippen LogP) is 3.66. The van der Waals surface area contributed by atoms with E-state index in [1.807, 2.05) is 6.20 Å². The smallest absolute Gasteiger partial charge is 0.120 e. The molecule has 0 aliphatic heterocycles. The predicted molar refractivity (Wildman–Crippen MR) is 87.4 cm³/mol. The Labute approximate surface area is 134 Å². The number of imidazole rings is 1. The Kier molecular flexibility index (Phi) is 2.26. The van der Waals surface area contributed by atoms with Crippen molar-refractivity contribution >= 4 is 11.3 Å². The highest BCUT2D eigenvalue weighted by atomic mass is 32.1. The molecule has 5 fully saturated rings. The molecule has 4 heteroatoms. The summed E-state index contributed by atoms with van der Waals surface area (Å²) in [6.07, 6.45) is 7.82. The fourth-order valence-corrected chi connectivity index (χ4v) is 7.06. The maximum absolute atomic E-state index is 4.58. The molecule has 4 bridgehead atoms. The minimum Gasteiger partial charge on any atom is -0.340 e. The van der Waals surface area contributed by atoms with Gasteiger partial charge in [0, 0.05) is 5.54 Å². The van der Waals surface area contributed by atoms with Gasteiger partial charge in [0.2, 0.25) is 0 Å². The van der Waals surface area contributed by atoms with E-state index in [2.05, 4.69) is 32.8 Å². The Bertz CT molecular complexity index is 701. The highest BCUT2D eigenvalue weighted by Gasteiger charge is 2.71. The molecule has 2 heterocycles. The molecule has 2 aromatic rings. The number of hydrogen-bond donors (Lipinski definition) is 2. The van der Waals surface area contributed by atoms with Gasteiger partial charge in [0.25, 0.3) is 0 Å². The van der Waals surface area contributed by atoms with E-state index in [4.69, 9.17) is 0 Å². The highest BCUT2D eigenvalue weighted by Crippen LogP contribution is 2.75. The molecule has 0 aromatic carbocycles. The Morgan fingerprint density at radius 1 is 1.27 bits per heavy atom. The highest BCUT2D eigenvalue weighted by molar-refractivity contribution is 7.13. The van der Waals surface area contributed by atoms with Gasteiger partial charge in [-0.25, -0.2) is 4.98 Å². The molecule has 0 radical (unpaired) electrons. The maximum Gasteiger partial charge on any atom is 0.120 e. The molecule has 4 unspecified atom stereocenters. The van der Waals surface area contributed by atoms with Gasteiger partial charge in [-0.15, -0.1) is 11.3 Å². The van der Waals surface area contributed by atoms with Gasteiger partial charge < -0.3 is 10.3 Å². The van der Waals surface area contributed by atoms with Gasteiger partial charge in [0.05, 0.1) is 23.3 Å². The van der Waals surface area contributed by atoms with Crippen molar-refractivity contribution in [3.63, 3.8) is 0 Å². The molecule has 0 spiro atoms. The number of aromatic amines is 1. The second-order valence-electron chi connectivity index (χ2n) is 8.04. The second kappa shape index (κ2) is 4.04. The van der Waals surface area contributed by atoms with Crippen molar-refractivity contribution < 1.29 is 0 Å². The van der Waals surface area contributed by atoms with E-state index in [-0.39, 0.29) is 0 Å². The van der Waals surface area contributed by atoms with Crippen molar-refractivity contribution in [3.05, 3.63) is 29.5 Å². The fraction of sp³-hybridized carbons (Fsp3) is 0.611. The Hall–Kier alpha value is -1.13. The van der Waals surface area contributed by atoms with Crippen LogP contribution in [0.1, 0.15) is 31.5 Å². The number of nitrogens with one attached hydrogen (secondary N) is 2. The lowest BCUT2D eigenvalue weighted by atomic mass is 9.63. The first-order chi connectivity index (χ1) is 10.8. The Morgan fingerprint density at radius 2 is 2.14 bits per heavy atom. The molecule has 7 rings (SSSR count). The molecule has 5 saturated carbocycles. The largest absolute Gasteiger partial charge is 0.340 e. The zero-order valence-electron chi connectivity index (χ0n) is 12.6. The molecule has 5 aliphatic carbocycles. The number of rotatable bonds is 4. The van der Waals surface area contributed by atoms with Gasteiger partial charge in [0.1, 0.15) is 5.82 Å². The number of hydrogen-bond acceptors (Lipinski definition) is 3. The molecule has 2 N–H and O–H groups in total. The summed E-state index contributed by atoms with van der Waals surface area (Å²) in [6, 6.07) is 4.24. The monoisotopic (exact) mass is 311 g/mol. The average Bonchev–Trinajstić information content (AvgIpc) is 2.92. The first-order valence-electron chi connectivity index (χ1n) is 8.64. The van der Waals surface area contributed by atoms with Crippen molar-refractivity contribution in [1.29, 1.82) is 0 Å². The third-order valence-corrected chi connectivity index (χ3v) is 7.87. The van der Waals surface area contributed by atoms with Crippen LogP contribution in [0.2, 0.25) is 0 Å². The van der Waals surface area contributed by atoms with Crippen molar-refractivity contribution in [2.75, 3.05) is 0 Å². The third kappa shape index (κ3) is 1.57. The van der Waals surface area contributed by atoms with Gasteiger partial charge >= 0.3 is 0 Å². The van der Waals surface area contributed by atoms with Gasteiger partial charge in [-0.3, -0.25) is 0 Å². The Morgan fingerprint density at radius 3 is 2.86 bits per heavy atom. The summed E-state index contributed by atoms with van der Waals surface area (Å²) in [4.78, 5) is 9.35. The minimum atomic E-state index is 0.442.